The van der Waals surface area contributed by atoms with Crippen LogP contribution in [0.3, 0.4) is 0 Å². The maximum atomic E-state index is 13.6. The van der Waals surface area contributed by atoms with E-state index in [1.165, 1.54) is 18.3 Å². The van der Waals surface area contributed by atoms with E-state index in [-0.39, 0.29) is 23.1 Å². The lowest BCUT2D eigenvalue weighted by atomic mass is 10.1. The Balaban J connectivity index is 0.00000289. The van der Waals surface area contributed by atoms with Gasteiger partial charge in [-0.25, -0.2) is 21.2 Å². The van der Waals surface area contributed by atoms with E-state index in [4.69, 9.17) is 0 Å². The Kier molecular flexibility index (Phi) is 6.82. The Morgan fingerprint density at radius 1 is 1.03 bits per heavy atom. The maximum absolute atomic E-state index is 13.6. The first-order valence-electron chi connectivity index (χ1n) is 9.47. The number of benzene rings is 2. The van der Waals surface area contributed by atoms with Gasteiger partial charge in [0.1, 0.15) is 16.5 Å². The zero-order valence-corrected chi connectivity index (χ0v) is 18.9. The van der Waals surface area contributed by atoms with E-state index in [2.05, 4.69) is 15.6 Å². The van der Waals surface area contributed by atoms with Crippen molar-refractivity contribution in [1.82, 2.24) is 14.3 Å². The van der Waals surface area contributed by atoms with Gasteiger partial charge in [0, 0.05) is 35.7 Å². The smallest absolute Gasteiger partial charge is 0.269 e. The van der Waals surface area contributed by atoms with Gasteiger partial charge in [-0.1, -0.05) is 6.07 Å². The van der Waals surface area contributed by atoms with Crippen LogP contribution in [0, 0.1) is 18.6 Å². The predicted octanol–water partition coefficient (Wildman–Crippen LogP) is 4.74. The summed E-state index contributed by atoms with van der Waals surface area (Å²) in [5.41, 5.74) is 3.25. The van der Waals surface area contributed by atoms with Gasteiger partial charge in [0.25, 0.3) is 10.0 Å². The number of aryl methyl sites for hydroxylation is 1. The summed E-state index contributed by atoms with van der Waals surface area (Å²) in [6.07, 6.45) is 3.59. The van der Waals surface area contributed by atoms with E-state index in [0.29, 0.717) is 29.0 Å². The van der Waals surface area contributed by atoms with Gasteiger partial charge in [0.15, 0.2) is 0 Å². The minimum atomic E-state index is -4.08. The summed E-state index contributed by atoms with van der Waals surface area (Å²) in [6, 6.07) is 10.7. The minimum Gasteiger partial charge on any atom is -0.355 e. The molecule has 0 saturated heterocycles. The second kappa shape index (κ2) is 9.23. The molecule has 10 heteroatoms. The van der Waals surface area contributed by atoms with Crippen LogP contribution in [-0.2, 0) is 16.6 Å². The van der Waals surface area contributed by atoms with Crippen LogP contribution in [0.15, 0.2) is 66.0 Å². The molecule has 0 aliphatic heterocycles. The predicted molar refractivity (Wildman–Crippen MR) is 123 cm³/mol. The summed E-state index contributed by atoms with van der Waals surface area (Å²) < 4.78 is 54.7. The van der Waals surface area contributed by atoms with Gasteiger partial charge in [-0.3, -0.25) is 4.98 Å². The Morgan fingerprint density at radius 3 is 2.50 bits per heavy atom. The average Bonchev–Trinajstić information content (AvgIpc) is 3.09. The Labute approximate surface area is 190 Å². The number of nitrogens with one attached hydrogen (secondary N) is 2. The normalized spacial score (nSPS) is 11.4. The zero-order valence-electron chi connectivity index (χ0n) is 17.3. The molecule has 168 valence electrons. The molecular formula is C22H21ClF2N4O2S. The Bertz CT molecular complexity index is 1390. The fourth-order valence-corrected chi connectivity index (χ4v) is 4.80. The summed E-state index contributed by atoms with van der Waals surface area (Å²) in [5, 5.41) is 6.96. The van der Waals surface area contributed by atoms with Crippen molar-refractivity contribution in [3.8, 4) is 0 Å². The SMILES string of the molecule is CNCc1cn(S(=O)(=O)c2cncc(F)c2)c2cc(Nc3ccc(F)cc3C)ccc12.Cl. The van der Waals surface area contributed by atoms with Crippen LogP contribution in [0.1, 0.15) is 11.1 Å². The third-order valence-corrected chi connectivity index (χ3v) is 6.56. The highest BCUT2D eigenvalue weighted by Crippen LogP contribution is 2.30. The molecule has 0 unspecified atom stereocenters. The molecule has 32 heavy (non-hydrogen) atoms. The number of hydrogen-bond donors (Lipinski definition) is 2. The fourth-order valence-electron chi connectivity index (χ4n) is 3.44. The lowest BCUT2D eigenvalue weighted by Gasteiger charge is -2.11. The van der Waals surface area contributed by atoms with Gasteiger partial charge in [-0.2, -0.15) is 0 Å². The van der Waals surface area contributed by atoms with Crippen molar-refractivity contribution in [1.29, 1.82) is 0 Å². The highest BCUT2D eigenvalue weighted by atomic mass is 35.5. The number of rotatable bonds is 6. The number of fused-ring (bicyclic) bond motifs is 1. The Hall–Kier alpha value is -3.01. The van der Waals surface area contributed by atoms with Crippen LogP contribution in [0.5, 0.6) is 0 Å². The summed E-state index contributed by atoms with van der Waals surface area (Å²) in [5.74, 6) is -1.07. The number of pyridine rings is 1. The van der Waals surface area contributed by atoms with Crippen molar-refractivity contribution < 1.29 is 17.2 Å². The van der Waals surface area contributed by atoms with Crippen molar-refractivity contribution >= 4 is 44.7 Å². The fraction of sp³-hybridized carbons (Fsp3) is 0.136. The molecule has 0 aliphatic carbocycles. The lowest BCUT2D eigenvalue weighted by molar-refractivity contribution is 0.582. The van der Waals surface area contributed by atoms with Gasteiger partial charge >= 0.3 is 0 Å². The topological polar surface area (TPSA) is 76.0 Å². The first-order chi connectivity index (χ1) is 14.8. The quantitative estimate of drug-likeness (QED) is 0.418. The van der Waals surface area contributed by atoms with Crippen LogP contribution < -0.4 is 10.6 Å². The number of halogens is 3. The maximum Gasteiger partial charge on any atom is 0.269 e. The van der Waals surface area contributed by atoms with E-state index in [0.717, 1.165) is 33.4 Å². The molecule has 4 aromatic rings. The van der Waals surface area contributed by atoms with Crippen molar-refractivity contribution in [2.45, 2.75) is 18.4 Å². The van der Waals surface area contributed by atoms with Crippen LogP contribution in [0.2, 0.25) is 0 Å². The molecule has 0 atom stereocenters. The molecule has 2 N–H and O–H groups in total. The molecule has 4 rings (SSSR count). The largest absolute Gasteiger partial charge is 0.355 e. The third-order valence-electron chi connectivity index (χ3n) is 4.93. The standard InChI is InChI=1S/C22H20F2N4O2S.ClH/c1-14-7-16(23)3-6-21(14)27-18-4-5-20-15(10-25-2)13-28(22(20)9-18)31(29,30)19-8-17(24)11-26-12-19;/h3-9,11-13,25,27H,10H2,1-2H3;1H. The highest BCUT2D eigenvalue weighted by Gasteiger charge is 2.22. The molecule has 0 bridgehead atoms. The summed E-state index contributed by atoms with van der Waals surface area (Å²) in [7, 11) is -2.31. The summed E-state index contributed by atoms with van der Waals surface area (Å²) in [4.78, 5) is 3.42. The molecule has 0 aliphatic rings. The van der Waals surface area contributed by atoms with E-state index < -0.39 is 15.8 Å². The molecule has 0 fully saturated rings. The van der Waals surface area contributed by atoms with E-state index >= 15 is 0 Å². The molecule has 0 amide bonds. The molecule has 0 spiro atoms. The van der Waals surface area contributed by atoms with Gasteiger partial charge in [0.2, 0.25) is 0 Å². The van der Waals surface area contributed by atoms with Crippen LogP contribution in [0.4, 0.5) is 20.2 Å². The van der Waals surface area contributed by atoms with E-state index in [9.17, 15) is 17.2 Å². The lowest BCUT2D eigenvalue weighted by Crippen LogP contribution is -2.13. The highest BCUT2D eigenvalue weighted by molar-refractivity contribution is 7.90. The number of anilines is 2. The zero-order chi connectivity index (χ0) is 22.2. The van der Waals surface area contributed by atoms with Crippen LogP contribution >= 0.6 is 12.4 Å². The second-order valence-electron chi connectivity index (χ2n) is 7.14. The second-order valence-corrected chi connectivity index (χ2v) is 8.96. The number of aromatic nitrogens is 2. The first-order valence-corrected chi connectivity index (χ1v) is 10.9. The summed E-state index contributed by atoms with van der Waals surface area (Å²) in [6.45, 7) is 2.23. The van der Waals surface area contributed by atoms with E-state index in [1.54, 1.807) is 26.1 Å². The molecule has 2 aromatic heterocycles. The molecular weight excluding hydrogens is 458 g/mol. The van der Waals surface area contributed by atoms with Gasteiger partial charge in [0.05, 0.1) is 11.7 Å². The average molecular weight is 479 g/mol. The minimum absolute atomic E-state index is 0. The third kappa shape index (κ3) is 4.45. The van der Waals surface area contributed by atoms with Gasteiger partial charge < -0.3 is 10.6 Å². The van der Waals surface area contributed by atoms with Crippen molar-refractivity contribution in [3.05, 3.63) is 83.8 Å². The van der Waals surface area contributed by atoms with Crippen molar-refractivity contribution in [3.63, 3.8) is 0 Å². The summed E-state index contributed by atoms with van der Waals surface area (Å²) >= 11 is 0. The van der Waals surface area contributed by atoms with Crippen molar-refractivity contribution in [2.75, 3.05) is 12.4 Å². The Morgan fingerprint density at radius 2 is 1.81 bits per heavy atom. The van der Waals surface area contributed by atoms with Crippen molar-refractivity contribution in [2.24, 2.45) is 0 Å². The first kappa shape index (κ1) is 23.6. The molecule has 6 nitrogen and oxygen atoms in total. The monoisotopic (exact) mass is 478 g/mol. The molecule has 0 radical (unpaired) electrons. The van der Waals surface area contributed by atoms with Crippen LogP contribution in [0.25, 0.3) is 10.9 Å². The molecule has 2 heterocycles. The van der Waals surface area contributed by atoms with E-state index in [1.807, 2.05) is 12.1 Å². The van der Waals surface area contributed by atoms with Gasteiger partial charge in [-0.05, 0) is 61.5 Å². The number of hydrogen-bond acceptors (Lipinski definition) is 5. The number of nitrogens with zero attached hydrogens (tertiary/aromatic N) is 2. The molecule has 2 aromatic carbocycles. The van der Waals surface area contributed by atoms with Crippen LogP contribution in [-0.4, -0.2) is 24.4 Å². The van der Waals surface area contributed by atoms with Gasteiger partial charge in [-0.15, -0.1) is 12.4 Å². The molecule has 0 saturated carbocycles.